The zero-order valence-electron chi connectivity index (χ0n) is 9.15. The van der Waals surface area contributed by atoms with E-state index in [-0.39, 0.29) is 6.03 Å². The van der Waals surface area contributed by atoms with E-state index in [0.29, 0.717) is 11.4 Å². The Hall–Kier alpha value is -2.24. The second kappa shape index (κ2) is 5.01. The molecule has 0 aliphatic rings. The standard InChI is InChI=1S/C10H14N4O2/c1-14(2)10(16)13-8-5-3-7(4-6-8)12-9(11)15/h3-6H,1-2H3,(H,13,16)(H3,11,12,15). The summed E-state index contributed by atoms with van der Waals surface area (Å²) in [6.45, 7) is 0. The van der Waals surface area contributed by atoms with E-state index in [2.05, 4.69) is 10.6 Å². The number of carbonyl (C=O) groups excluding carboxylic acids is 2. The zero-order chi connectivity index (χ0) is 12.1. The van der Waals surface area contributed by atoms with Gasteiger partial charge < -0.3 is 21.3 Å². The first-order chi connectivity index (χ1) is 7.49. The lowest BCUT2D eigenvalue weighted by molar-refractivity contribution is 0.230. The minimum Gasteiger partial charge on any atom is -0.351 e. The van der Waals surface area contributed by atoms with Crippen LogP contribution < -0.4 is 16.4 Å². The van der Waals surface area contributed by atoms with E-state index in [4.69, 9.17) is 5.73 Å². The molecule has 0 heterocycles. The molecule has 16 heavy (non-hydrogen) atoms. The van der Waals surface area contributed by atoms with Crippen LogP contribution in [0.15, 0.2) is 24.3 Å². The van der Waals surface area contributed by atoms with Gasteiger partial charge in [-0.3, -0.25) is 0 Å². The Bertz CT molecular complexity index is 386. The third kappa shape index (κ3) is 3.49. The molecule has 86 valence electrons. The number of nitrogens with one attached hydrogen (secondary N) is 2. The molecule has 1 aromatic rings. The number of amides is 4. The van der Waals surface area contributed by atoms with Crippen LogP contribution in [0.1, 0.15) is 0 Å². The molecular weight excluding hydrogens is 208 g/mol. The lowest BCUT2D eigenvalue weighted by atomic mass is 10.3. The third-order valence-electron chi connectivity index (χ3n) is 1.81. The van der Waals surface area contributed by atoms with Gasteiger partial charge in [-0.2, -0.15) is 0 Å². The first-order valence-electron chi connectivity index (χ1n) is 4.64. The molecule has 1 aromatic carbocycles. The second-order valence-corrected chi connectivity index (χ2v) is 3.39. The molecule has 6 heteroatoms. The zero-order valence-corrected chi connectivity index (χ0v) is 9.15. The van der Waals surface area contributed by atoms with Gasteiger partial charge in [-0.1, -0.05) is 0 Å². The summed E-state index contributed by atoms with van der Waals surface area (Å²) in [5, 5.41) is 5.09. The van der Waals surface area contributed by atoms with Crippen molar-refractivity contribution in [1.82, 2.24) is 4.90 Å². The SMILES string of the molecule is CN(C)C(=O)Nc1ccc(NC(N)=O)cc1. The van der Waals surface area contributed by atoms with E-state index in [1.54, 1.807) is 38.4 Å². The Balaban J connectivity index is 2.64. The van der Waals surface area contributed by atoms with Crippen molar-refractivity contribution in [2.75, 3.05) is 24.7 Å². The van der Waals surface area contributed by atoms with E-state index in [9.17, 15) is 9.59 Å². The summed E-state index contributed by atoms with van der Waals surface area (Å²) in [4.78, 5) is 23.3. The van der Waals surface area contributed by atoms with E-state index in [1.165, 1.54) is 4.90 Å². The van der Waals surface area contributed by atoms with Crippen LogP contribution in [0.3, 0.4) is 0 Å². The molecule has 0 saturated carbocycles. The summed E-state index contributed by atoms with van der Waals surface area (Å²) >= 11 is 0. The number of rotatable bonds is 2. The van der Waals surface area contributed by atoms with Gasteiger partial charge in [-0.05, 0) is 24.3 Å². The molecule has 0 spiro atoms. The average molecular weight is 222 g/mol. The molecule has 6 nitrogen and oxygen atoms in total. The Morgan fingerprint density at radius 1 is 1.06 bits per heavy atom. The van der Waals surface area contributed by atoms with Gasteiger partial charge in [-0.25, -0.2) is 9.59 Å². The maximum atomic E-state index is 11.3. The fourth-order valence-electron chi connectivity index (χ4n) is 1.01. The van der Waals surface area contributed by atoms with Crippen LogP contribution in [-0.2, 0) is 0 Å². The highest BCUT2D eigenvalue weighted by atomic mass is 16.2. The van der Waals surface area contributed by atoms with Gasteiger partial charge in [-0.15, -0.1) is 0 Å². The maximum absolute atomic E-state index is 11.3. The van der Waals surface area contributed by atoms with E-state index >= 15 is 0 Å². The lowest BCUT2D eigenvalue weighted by Gasteiger charge is -2.12. The quantitative estimate of drug-likeness (QED) is 0.703. The highest BCUT2D eigenvalue weighted by Gasteiger charge is 2.03. The number of hydrogen-bond donors (Lipinski definition) is 3. The number of urea groups is 2. The smallest absolute Gasteiger partial charge is 0.321 e. The van der Waals surface area contributed by atoms with Gasteiger partial charge in [0, 0.05) is 25.5 Å². The maximum Gasteiger partial charge on any atom is 0.321 e. The Morgan fingerprint density at radius 3 is 1.88 bits per heavy atom. The molecule has 0 radical (unpaired) electrons. The van der Waals surface area contributed by atoms with Crippen LogP contribution >= 0.6 is 0 Å². The molecule has 0 atom stereocenters. The minimum absolute atomic E-state index is 0.212. The van der Waals surface area contributed by atoms with Crippen molar-refractivity contribution in [3.8, 4) is 0 Å². The molecule has 0 bridgehead atoms. The van der Waals surface area contributed by atoms with Crippen molar-refractivity contribution in [2.24, 2.45) is 5.73 Å². The van der Waals surface area contributed by atoms with Gasteiger partial charge in [0.1, 0.15) is 0 Å². The Morgan fingerprint density at radius 2 is 1.50 bits per heavy atom. The minimum atomic E-state index is -0.620. The van der Waals surface area contributed by atoms with Crippen LogP contribution in [0.2, 0.25) is 0 Å². The van der Waals surface area contributed by atoms with Crippen molar-refractivity contribution in [2.45, 2.75) is 0 Å². The van der Waals surface area contributed by atoms with Gasteiger partial charge in [0.2, 0.25) is 0 Å². The van der Waals surface area contributed by atoms with E-state index in [1.807, 2.05) is 0 Å². The number of nitrogens with zero attached hydrogens (tertiary/aromatic N) is 1. The molecular formula is C10H14N4O2. The van der Waals surface area contributed by atoms with Crippen molar-refractivity contribution < 1.29 is 9.59 Å². The van der Waals surface area contributed by atoms with Crippen LogP contribution in [0, 0.1) is 0 Å². The molecule has 4 N–H and O–H groups in total. The summed E-state index contributed by atoms with van der Waals surface area (Å²) in [5.74, 6) is 0. The largest absolute Gasteiger partial charge is 0.351 e. The molecule has 4 amide bonds. The lowest BCUT2D eigenvalue weighted by Crippen LogP contribution is -2.27. The average Bonchev–Trinajstić information content (AvgIpc) is 2.20. The fraction of sp³-hybridized carbons (Fsp3) is 0.200. The van der Waals surface area contributed by atoms with Gasteiger partial charge in [0.15, 0.2) is 0 Å². The van der Waals surface area contributed by atoms with Crippen molar-refractivity contribution in [3.05, 3.63) is 24.3 Å². The van der Waals surface area contributed by atoms with Crippen molar-refractivity contribution >= 4 is 23.4 Å². The summed E-state index contributed by atoms with van der Waals surface area (Å²) in [5.41, 5.74) is 6.18. The van der Waals surface area contributed by atoms with E-state index in [0.717, 1.165) is 0 Å². The van der Waals surface area contributed by atoms with Crippen molar-refractivity contribution in [3.63, 3.8) is 0 Å². The Labute approximate surface area is 93.4 Å². The number of carbonyl (C=O) groups is 2. The van der Waals surface area contributed by atoms with Crippen LogP contribution in [0.25, 0.3) is 0 Å². The monoisotopic (exact) mass is 222 g/mol. The fourth-order valence-corrected chi connectivity index (χ4v) is 1.01. The van der Waals surface area contributed by atoms with Gasteiger partial charge in [0.05, 0.1) is 0 Å². The first kappa shape index (κ1) is 11.8. The third-order valence-corrected chi connectivity index (χ3v) is 1.81. The molecule has 0 fully saturated rings. The molecule has 0 aromatic heterocycles. The number of primary amides is 1. The number of benzene rings is 1. The summed E-state index contributed by atoms with van der Waals surface area (Å²) in [7, 11) is 3.30. The van der Waals surface area contributed by atoms with Gasteiger partial charge in [0.25, 0.3) is 0 Å². The van der Waals surface area contributed by atoms with Crippen LogP contribution in [0.5, 0.6) is 0 Å². The number of hydrogen-bond acceptors (Lipinski definition) is 2. The second-order valence-electron chi connectivity index (χ2n) is 3.39. The van der Waals surface area contributed by atoms with E-state index < -0.39 is 6.03 Å². The van der Waals surface area contributed by atoms with Crippen LogP contribution in [-0.4, -0.2) is 31.1 Å². The molecule has 0 unspecified atom stereocenters. The predicted molar refractivity (Wildman–Crippen MR) is 62.4 cm³/mol. The molecule has 1 rings (SSSR count). The highest BCUT2D eigenvalue weighted by Crippen LogP contribution is 2.13. The topological polar surface area (TPSA) is 87.5 Å². The van der Waals surface area contributed by atoms with Crippen LogP contribution in [0.4, 0.5) is 21.0 Å². The summed E-state index contributed by atoms with van der Waals surface area (Å²) in [6.07, 6.45) is 0. The normalized spacial score (nSPS) is 9.38. The highest BCUT2D eigenvalue weighted by molar-refractivity contribution is 5.90. The first-order valence-corrected chi connectivity index (χ1v) is 4.64. The summed E-state index contributed by atoms with van der Waals surface area (Å²) < 4.78 is 0. The van der Waals surface area contributed by atoms with Gasteiger partial charge >= 0.3 is 12.1 Å². The molecule has 0 aliphatic heterocycles. The Kier molecular flexibility index (Phi) is 3.71. The number of anilines is 2. The summed E-state index contributed by atoms with van der Waals surface area (Å²) in [6, 6.07) is 5.81. The predicted octanol–water partition coefficient (Wildman–Crippen LogP) is 1.27. The van der Waals surface area contributed by atoms with Crippen molar-refractivity contribution in [1.29, 1.82) is 0 Å². The molecule has 0 saturated heterocycles. The molecule has 0 aliphatic carbocycles. The number of nitrogens with two attached hydrogens (primary N) is 1.